The zero-order chi connectivity index (χ0) is 19.4. The highest BCUT2D eigenvalue weighted by molar-refractivity contribution is 7.09. The van der Waals surface area contributed by atoms with Gasteiger partial charge in [-0.25, -0.2) is 4.98 Å². The summed E-state index contributed by atoms with van der Waals surface area (Å²) in [5, 5.41) is 14.0. The first-order valence-corrected chi connectivity index (χ1v) is 10.3. The van der Waals surface area contributed by atoms with E-state index >= 15 is 0 Å². The Hall–Kier alpha value is -1.83. The van der Waals surface area contributed by atoms with E-state index in [4.69, 9.17) is 4.98 Å². The second-order valence-electron chi connectivity index (χ2n) is 7.67. The highest BCUT2D eigenvalue weighted by atomic mass is 32.1. The third kappa shape index (κ3) is 4.91. The molecule has 0 saturated carbocycles. The maximum absolute atomic E-state index is 12.1. The molecule has 3 heterocycles. The molecule has 1 fully saturated rings. The topological polar surface area (TPSA) is 69.6 Å². The summed E-state index contributed by atoms with van der Waals surface area (Å²) in [5.74, 6) is 0.158. The van der Waals surface area contributed by atoms with E-state index in [1.165, 1.54) is 0 Å². The van der Waals surface area contributed by atoms with Crippen molar-refractivity contribution in [3.63, 3.8) is 0 Å². The molecular weight excluding hydrogens is 360 g/mol. The Labute approximate surface area is 164 Å². The molecule has 7 heteroatoms. The SMILES string of the molecule is CC(C)C(=O)N1CCC(O)(c2csc(CN(C)Cc3cccnc3)n2)CC1. The number of amides is 1. The zero-order valence-corrected chi connectivity index (χ0v) is 17.1. The Bertz CT molecular complexity index is 754. The van der Waals surface area contributed by atoms with Crippen LogP contribution in [0.1, 0.15) is 43.0 Å². The first kappa shape index (κ1) is 19.9. The van der Waals surface area contributed by atoms with Crippen molar-refractivity contribution in [3.8, 4) is 0 Å². The van der Waals surface area contributed by atoms with E-state index < -0.39 is 5.60 Å². The van der Waals surface area contributed by atoms with E-state index in [-0.39, 0.29) is 11.8 Å². The number of piperidine rings is 1. The van der Waals surface area contributed by atoms with E-state index in [9.17, 15) is 9.90 Å². The quantitative estimate of drug-likeness (QED) is 0.824. The van der Waals surface area contributed by atoms with Crippen molar-refractivity contribution >= 4 is 17.2 Å². The van der Waals surface area contributed by atoms with Crippen LogP contribution in [0.3, 0.4) is 0 Å². The first-order valence-electron chi connectivity index (χ1n) is 9.41. The Balaban J connectivity index is 1.58. The van der Waals surface area contributed by atoms with E-state index in [2.05, 4.69) is 23.0 Å². The van der Waals surface area contributed by atoms with Crippen molar-refractivity contribution in [1.29, 1.82) is 0 Å². The molecular formula is C20H28N4O2S. The molecule has 2 aromatic rings. The summed E-state index contributed by atoms with van der Waals surface area (Å²) in [5.41, 5.74) is 0.983. The third-order valence-corrected chi connectivity index (χ3v) is 5.84. The number of nitrogens with zero attached hydrogens (tertiary/aromatic N) is 4. The van der Waals surface area contributed by atoms with Gasteiger partial charge in [0.15, 0.2) is 0 Å². The van der Waals surface area contributed by atoms with E-state index in [1.54, 1.807) is 17.5 Å². The van der Waals surface area contributed by atoms with Gasteiger partial charge in [0.2, 0.25) is 5.91 Å². The summed E-state index contributed by atoms with van der Waals surface area (Å²) >= 11 is 1.58. The molecule has 0 unspecified atom stereocenters. The number of hydrogen-bond acceptors (Lipinski definition) is 6. The standard InChI is InChI=1S/C20H28N4O2S/c1-15(2)19(25)24-9-6-20(26,7-10-24)17-14-27-18(22-17)13-23(3)12-16-5-4-8-21-11-16/h4-5,8,11,14-15,26H,6-7,9-10,12-13H2,1-3H3. The molecule has 1 aliphatic heterocycles. The molecule has 0 aromatic carbocycles. The summed E-state index contributed by atoms with van der Waals surface area (Å²) in [6.07, 6.45) is 4.73. The van der Waals surface area contributed by atoms with Crippen LogP contribution >= 0.6 is 11.3 Å². The van der Waals surface area contributed by atoms with Gasteiger partial charge in [-0.05, 0) is 31.5 Å². The van der Waals surface area contributed by atoms with Crippen molar-refractivity contribution < 1.29 is 9.90 Å². The van der Waals surface area contributed by atoms with Crippen LogP contribution in [0.5, 0.6) is 0 Å². The summed E-state index contributed by atoms with van der Waals surface area (Å²) < 4.78 is 0. The molecule has 1 aliphatic rings. The molecule has 1 saturated heterocycles. The first-order chi connectivity index (χ1) is 12.9. The van der Waals surface area contributed by atoms with Gasteiger partial charge in [-0.2, -0.15) is 0 Å². The fourth-order valence-electron chi connectivity index (χ4n) is 3.41. The average molecular weight is 389 g/mol. The van der Waals surface area contributed by atoms with Crippen molar-refractivity contribution in [3.05, 3.63) is 46.2 Å². The molecule has 0 radical (unpaired) electrons. The molecule has 0 bridgehead atoms. The van der Waals surface area contributed by atoms with Crippen LogP contribution in [0.15, 0.2) is 29.9 Å². The third-order valence-electron chi connectivity index (χ3n) is 5.01. The lowest BCUT2D eigenvalue weighted by atomic mass is 9.88. The molecule has 2 aromatic heterocycles. The average Bonchev–Trinajstić information content (AvgIpc) is 3.11. The van der Waals surface area contributed by atoms with Crippen molar-refractivity contribution in [2.45, 2.75) is 45.4 Å². The highest BCUT2D eigenvalue weighted by Crippen LogP contribution is 2.34. The summed E-state index contributed by atoms with van der Waals surface area (Å²) in [6, 6.07) is 4.00. The normalized spacial score (nSPS) is 16.9. The fourth-order valence-corrected chi connectivity index (χ4v) is 4.37. The number of carbonyl (C=O) groups is 1. The van der Waals surface area contributed by atoms with Crippen LogP contribution in [0, 0.1) is 5.92 Å². The highest BCUT2D eigenvalue weighted by Gasteiger charge is 2.37. The summed E-state index contributed by atoms with van der Waals surface area (Å²) in [6.45, 7) is 6.53. The Kier molecular flexibility index (Phi) is 6.24. The minimum Gasteiger partial charge on any atom is -0.383 e. The number of likely N-dealkylation sites (tertiary alicyclic amines) is 1. The fraction of sp³-hybridized carbons (Fsp3) is 0.550. The number of thiazole rings is 1. The van der Waals surface area contributed by atoms with E-state index in [1.807, 2.05) is 36.4 Å². The molecule has 0 atom stereocenters. The van der Waals surface area contributed by atoms with Gasteiger partial charge in [0.1, 0.15) is 10.6 Å². The molecule has 1 amide bonds. The van der Waals surface area contributed by atoms with Crippen LogP contribution in [-0.2, 0) is 23.5 Å². The molecule has 146 valence electrons. The molecule has 0 aliphatic carbocycles. The number of hydrogen-bond donors (Lipinski definition) is 1. The number of pyridine rings is 1. The molecule has 27 heavy (non-hydrogen) atoms. The molecule has 1 N–H and O–H groups in total. The maximum atomic E-state index is 12.1. The lowest BCUT2D eigenvalue weighted by Gasteiger charge is -2.38. The van der Waals surface area contributed by atoms with Crippen LogP contribution in [0.25, 0.3) is 0 Å². The smallest absolute Gasteiger partial charge is 0.225 e. The van der Waals surface area contributed by atoms with Gasteiger partial charge in [0, 0.05) is 43.3 Å². The largest absolute Gasteiger partial charge is 0.383 e. The number of aliphatic hydroxyl groups is 1. The molecule has 3 rings (SSSR count). The predicted octanol–water partition coefficient (Wildman–Crippen LogP) is 2.64. The molecule has 0 spiro atoms. The predicted molar refractivity (Wildman–Crippen MR) is 106 cm³/mol. The van der Waals surface area contributed by atoms with Gasteiger partial charge >= 0.3 is 0 Å². The van der Waals surface area contributed by atoms with Crippen molar-refractivity contribution in [2.75, 3.05) is 20.1 Å². The minimum absolute atomic E-state index is 0.00239. The van der Waals surface area contributed by atoms with Crippen LogP contribution in [0.2, 0.25) is 0 Å². The molecule has 6 nitrogen and oxygen atoms in total. The summed E-state index contributed by atoms with van der Waals surface area (Å²) in [4.78, 5) is 25.0. The lowest BCUT2D eigenvalue weighted by Crippen LogP contribution is -2.46. The Morgan fingerprint density at radius 2 is 2.11 bits per heavy atom. The monoisotopic (exact) mass is 388 g/mol. The number of aromatic nitrogens is 2. The van der Waals surface area contributed by atoms with Gasteiger partial charge in [0.05, 0.1) is 12.2 Å². The van der Waals surface area contributed by atoms with Gasteiger partial charge in [-0.1, -0.05) is 19.9 Å². The lowest BCUT2D eigenvalue weighted by molar-refractivity contribution is -0.139. The zero-order valence-electron chi connectivity index (χ0n) is 16.3. The second kappa shape index (κ2) is 8.46. The van der Waals surface area contributed by atoms with Gasteiger partial charge in [-0.15, -0.1) is 11.3 Å². The van der Waals surface area contributed by atoms with Gasteiger partial charge < -0.3 is 10.0 Å². The number of rotatable bonds is 6. The Morgan fingerprint density at radius 1 is 1.37 bits per heavy atom. The minimum atomic E-state index is -0.926. The van der Waals surface area contributed by atoms with Crippen LogP contribution in [-0.4, -0.2) is 50.9 Å². The Morgan fingerprint density at radius 3 is 2.74 bits per heavy atom. The van der Waals surface area contributed by atoms with Gasteiger partial charge in [-0.3, -0.25) is 14.7 Å². The van der Waals surface area contributed by atoms with E-state index in [0.29, 0.717) is 25.9 Å². The van der Waals surface area contributed by atoms with Crippen LogP contribution < -0.4 is 0 Å². The summed E-state index contributed by atoms with van der Waals surface area (Å²) in [7, 11) is 2.05. The van der Waals surface area contributed by atoms with Gasteiger partial charge in [0.25, 0.3) is 0 Å². The number of carbonyl (C=O) groups excluding carboxylic acids is 1. The van der Waals surface area contributed by atoms with Crippen molar-refractivity contribution in [2.24, 2.45) is 5.92 Å². The maximum Gasteiger partial charge on any atom is 0.225 e. The van der Waals surface area contributed by atoms with E-state index in [0.717, 1.165) is 29.4 Å². The van der Waals surface area contributed by atoms with Crippen LogP contribution in [0.4, 0.5) is 0 Å². The van der Waals surface area contributed by atoms with Crippen molar-refractivity contribution in [1.82, 2.24) is 19.8 Å². The second-order valence-corrected chi connectivity index (χ2v) is 8.61.